The number of carbonyl (C=O) groups is 1. The SMILES string of the molecule is CCCc1nc2c(C)cccn2c1C(=O)Nc1ccc(Br)cc1C. The molecule has 4 nitrogen and oxygen atoms in total. The number of benzene rings is 1. The van der Waals surface area contributed by atoms with Crippen LogP contribution in [0.3, 0.4) is 0 Å². The molecule has 0 aliphatic rings. The highest BCUT2D eigenvalue weighted by molar-refractivity contribution is 9.10. The average Bonchev–Trinajstić information content (AvgIpc) is 2.90. The van der Waals surface area contributed by atoms with Crippen LogP contribution >= 0.6 is 15.9 Å². The van der Waals surface area contributed by atoms with Gasteiger partial charge in [-0.05, 0) is 55.7 Å². The van der Waals surface area contributed by atoms with Crippen LogP contribution < -0.4 is 5.32 Å². The summed E-state index contributed by atoms with van der Waals surface area (Å²) in [6.07, 6.45) is 3.63. The zero-order valence-corrected chi connectivity index (χ0v) is 15.6. The fourth-order valence-electron chi connectivity index (χ4n) is 2.85. The second kappa shape index (κ2) is 6.77. The van der Waals surface area contributed by atoms with Crippen LogP contribution in [-0.4, -0.2) is 15.3 Å². The number of hydrogen-bond donors (Lipinski definition) is 1. The Morgan fingerprint density at radius 3 is 2.75 bits per heavy atom. The Balaban J connectivity index is 2.05. The normalized spacial score (nSPS) is 11.0. The molecular weight excluding hydrogens is 366 g/mol. The fraction of sp³-hybridized carbons (Fsp3) is 0.263. The van der Waals surface area contributed by atoms with Crippen molar-refractivity contribution in [2.24, 2.45) is 0 Å². The number of aryl methyl sites for hydroxylation is 3. The highest BCUT2D eigenvalue weighted by Crippen LogP contribution is 2.23. The maximum atomic E-state index is 12.9. The van der Waals surface area contributed by atoms with E-state index in [2.05, 4.69) is 28.2 Å². The summed E-state index contributed by atoms with van der Waals surface area (Å²) in [5.41, 5.74) is 5.21. The highest BCUT2D eigenvalue weighted by atomic mass is 79.9. The van der Waals surface area contributed by atoms with Crippen LogP contribution in [0.1, 0.15) is 40.7 Å². The molecule has 2 heterocycles. The van der Waals surface area contributed by atoms with Crippen LogP contribution in [0.15, 0.2) is 41.0 Å². The Morgan fingerprint density at radius 1 is 1.25 bits per heavy atom. The van der Waals surface area contributed by atoms with Crippen molar-refractivity contribution in [2.75, 3.05) is 5.32 Å². The number of anilines is 1. The summed E-state index contributed by atoms with van der Waals surface area (Å²) in [4.78, 5) is 17.6. The Kier molecular flexibility index (Phi) is 4.71. The fourth-order valence-corrected chi connectivity index (χ4v) is 3.33. The number of hydrogen-bond acceptors (Lipinski definition) is 2. The molecule has 124 valence electrons. The Bertz CT molecular complexity index is 914. The molecule has 0 atom stereocenters. The van der Waals surface area contributed by atoms with E-state index in [9.17, 15) is 4.79 Å². The quantitative estimate of drug-likeness (QED) is 0.692. The van der Waals surface area contributed by atoms with Gasteiger partial charge in [0.2, 0.25) is 0 Å². The Hall–Kier alpha value is -2.14. The molecule has 0 aliphatic heterocycles. The molecule has 24 heavy (non-hydrogen) atoms. The second-order valence-corrected chi connectivity index (χ2v) is 6.87. The number of aromatic nitrogens is 2. The van der Waals surface area contributed by atoms with Gasteiger partial charge in [0.15, 0.2) is 0 Å². The van der Waals surface area contributed by atoms with Crippen molar-refractivity contribution in [1.82, 2.24) is 9.38 Å². The Labute approximate surface area is 150 Å². The number of halogens is 1. The van der Waals surface area contributed by atoms with E-state index in [-0.39, 0.29) is 5.91 Å². The molecule has 3 aromatic rings. The van der Waals surface area contributed by atoms with Crippen molar-refractivity contribution >= 4 is 33.2 Å². The van der Waals surface area contributed by atoms with E-state index in [0.29, 0.717) is 5.69 Å². The van der Waals surface area contributed by atoms with Gasteiger partial charge in [-0.25, -0.2) is 4.98 Å². The lowest BCUT2D eigenvalue weighted by Gasteiger charge is -2.10. The minimum atomic E-state index is -0.123. The summed E-state index contributed by atoms with van der Waals surface area (Å²) in [7, 11) is 0. The van der Waals surface area contributed by atoms with E-state index < -0.39 is 0 Å². The molecule has 0 bridgehead atoms. The van der Waals surface area contributed by atoms with Crippen molar-refractivity contribution in [3.05, 3.63) is 63.5 Å². The number of nitrogens with one attached hydrogen (secondary N) is 1. The standard InChI is InChI=1S/C19H20BrN3O/c1-4-6-16-17(23-10-5-7-12(2)18(23)21-16)19(24)22-15-9-8-14(20)11-13(15)3/h5,7-11H,4,6H2,1-3H3,(H,22,24). The van der Waals surface area contributed by atoms with Gasteiger partial charge in [0.25, 0.3) is 5.91 Å². The van der Waals surface area contributed by atoms with Gasteiger partial charge in [-0.1, -0.05) is 35.3 Å². The van der Waals surface area contributed by atoms with E-state index in [1.165, 1.54) is 0 Å². The van der Waals surface area contributed by atoms with Crippen LogP contribution in [0.2, 0.25) is 0 Å². The van der Waals surface area contributed by atoms with Gasteiger partial charge in [0.05, 0.1) is 5.69 Å². The molecular formula is C19H20BrN3O. The predicted octanol–water partition coefficient (Wildman–Crippen LogP) is 4.92. The van der Waals surface area contributed by atoms with Gasteiger partial charge in [0.1, 0.15) is 11.3 Å². The number of rotatable bonds is 4. The first-order valence-electron chi connectivity index (χ1n) is 8.05. The smallest absolute Gasteiger partial charge is 0.274 e. The summed E-state index contributed by atoms with van der Waals surface area (Å²) in [5.74, 6) is -0.123. The third kappa shape index (κ3) is 3.08. The number of pyridine rings is 1. The lowest BCUT2D eigenvalue weighted by atomic mass is 10.1. The van der Waals surface area contributed by atoms with Crippen LogP contribution in [0.5, 0.6) is 0 Å². The third-order valence-corrected chi connectivity index (χ3v) is 4.55. The summed E-state index contributed by atoms with van der Waals surface area (Å²) >= 11 is 3.45. The summed E-state index contributed by atoms with van der Waals surface area (Å²) in [6.45, 7) is 6.09. The first-order chi connectivity index (χ1) is 11.5. The van der Waals surface area contributed by atoms with Gasteiger partial charge >= 0.3 is 0 Å². The Morgan fingerprint density at radius 2 is 2.04 bits per heavy atom. The molecule has 1 amide bonds. The summed E-state index contributed by atoms with van der Waals surface area (Å²) in [5, 5.41) is 3.03. The zero-order chi connectivity index (χ0) is 17.3. The highest BCUT2D eigenvalue weighted by Gasteiger charge is 2.20. The molecule has 0 radical (unpaired) electrons. The molecule has 5 heteroatoms. The molecule has 1 N–H and O–H groups in total. The lowest BCUT2D eigenvalue weighted by Crippen LogP contribution is -2.17. The average molecular weight is 386 g/mol. The minimum absolute atomic E-state index is 0.123. The number of imidazole rings is 1. The molecule has 0 spiro atoms. The molecule has 1 aromatic carbocycles. The van der Waals surface area contributed by atoms with E-state index in [1.54, 1.807) is 0 Å². The van der Waals surface area contributed by atoms with E-state index in [4.69, 9.17) is 4.98 Å². The van der Waals surface area contributed by atoms with Gasteiger partial charge in [-0.3, -0.25) is 9.20 Å². The van der Waals surface area contributed by atoms with E-state index >= 15 is 0 Å². The summed E-state index contributed by atoms with van der Waals surface area (Å²) in [6, 6.07) is 9.78. The molecule has 2 aromatic heterocycles. The maximum Gasteiger partial charge on any atom is 0.274 e. The van der Waals surface area contributed by atoms with Crippen LogP contribution in [0.4, 0.5) is 5.69 Å². The van der Waals surface area contributed by atoms with Gasteiger partial charge in [0, 0.05) is 16.4 Å². The molecule has 0 unspecified atom stereocenters. The third-order valence-electron chi connectivity index (χ3n) is 4.06. The van der Waals surface area contributed by atoms with Gasteiger partial charge in [-0.15, -0.1) is 0 Å². The van der Waals surface area contributed by atoms with Crippen molar-refractivity contribution in [2.45, 2.75) is 33.6 Å². The van der Waals surface area contributed by atoms with Crippen molar-refractivity contribution in [3.63, 3.8) is 0 Å². The van der Waals surface area contributed by atoms with Gasteiger partial charge < -0.3 is 5.32 Å². The largest absolute Gasteiger partial charge is 0.320 e. The predicted molar refractivity (Wildman–Crippen MR) is 101 cm³/mol. The monoisotopic (exact) mass is 385 g/mol. The molecule has 0 aliphatic carbocycles. The minimum Gasteiger partial charge on any atom is -0.320 e. The lowest BCUT2D eigenvalue weighted by molar-refractivity contribution is 0.102. The topological polar surface area (TPSA) is 46.4 Å². The second-order valence-electron chi connectivity index (χ2n) is 5.96. The molecule has 3 rings (SSSR count). The summed E-state index contributed by atoms with van der Waals surface area (Å²) < 4.78 is 2.89. The number of nitrogens with zero attached hydrogens (tertiary/aromatic N) is 2. The number of amides is 1. The molecule has 0 saturated carbocycles. The first-order valence-corrected chi connectivity index (χ1v) is 8.84. The van der Waals surface area contributed by atoms with Crippen molar-refractivity contribution in [3.8, 4) is 0 Å². The molecule has 0 saturated heterocycles. The zero-order valence-electron chi connectivity index (χ0n) is 14.1. The molecule has 0 fully saturated rings. The number of fused-ring (bicyclic) bond motifs is 1. The van der Waals surface area contributed by atoms with E-state index in [0.717, 1.165) is 45.5 Å². The van der Waals surface area contributed by atoms with Crippen LogP contribution in [-0.2, 0) is 6.42 Å². The van der Waals surface area contributed by atoms with Crippen molar-refractivity contribution < 1.29 is 4.79 Å². The number of carbonyl (C=O) groups excluding carboxylic acids is 1. The van der Waals surface area contributed by atoms with E-state index in [1.807, 2.05) is 54.8 Å². The van der Waals surface area contributed by atoms with Crippen LogP contribution in [0, 0.1) is 13.8 Å². The first kappa shape index (κ1) is 16.7. The van der Waals surface area contributed by atoms with Gasteiger partial charge in [-0.2, -0.15) is 0 Å². The van der Waals surface area contributed by atoms with Crippen molar-refractivity contribution in [1.29, 1.82) is 0 Å². The maximum absolute atomic E-state index is 12.9. The van der Waals surface area contributed by atoms with Crippen LogP contribution in [0.25, 0.3) is 5.65 Å².